The van der Waals surface area contributed by atoms with Crippen LogP contribution in [0, 0.1) is 5.92 Å². The summed E-state index contributed by atoms with van der Waals surface area (Å²) < 4.78 is 0. The molecule has 3 heterocycles. The summed E-state index contributed by atoms with van der Waals surface area (Å²) in [6, 6.07) is 9.76. The van der Waals surface area contributed by atoms with Crippen LogP contribution in [0.25, 0.3) is 0 Å². The van der Waals surface area contributed by atoms with Gasteiger partial charge in [-0.25, -0.2) is 0 Å². The highest BCUT2D eigenvalue weighted by Gasteiger charge is 2.42. The van der Waals surface area contributed by atoms with Crippen LogP contribution in [0.1, 0.15) is 63.5 Å². The number of fused-ring (bicyclic) bond motifs is 3. The first kappa shape index (κ1) is 45.4. The highest BCUT2D eigenvalue weighted by atomic mass is 32.2. The Balaban J connectivity index is 1.56. The standard InChI is InChI=1S/C43H56N8O8S/c1-26(2)23-35-41(57)47-31(19-22-60-3)43(59)50-20-10-15-34(50)40(56)45-29(16-17-36(44)52)37(53)48-33(25-28-13-8-5-9-14-28)39(55)49-32(24-27-11-6-4-7-12-27)38(54)46-30-18-21-51(35)42(30)58/h4-9,11-14,18,21,26,29-35H,10,15-17,19-20,22-25H2,1-3H3,(H2,44,52)(H,45,56)(H,46,54)(H,47,57)(H,48,53)(H,49,55)/t29-,30+,31-,32-,33-,34+,35-/m0/s1. The van der Waals surface area contributed by atoms with Crippen LogP contribution in [-0.4, -0.2) is 118 Å². The van der Waals surface area contributed by atoms with E-state index in [1.165, 1.54) is 33.8 Å². The number of rotatable bonds is 12. The molecule has 2 saturated heterocycles. The fourth-order valence-electron chi connectivity index (χ4n) is 7.66. The first-order valence-electron chi connectivity index (χ1n) is 20.4. The van der Waals surface area contributed by atoms with Gasteiger partial charge >= 0.3 is 0 Å². The smallest absolute Gasteiger partial charge is 0.253 e. The predicted molar refractivity (Wildman–Crippen MR) is 225 cm³/mol. The Hall–Kier alpha value is -5.71. The van der Waals surface area contributed by atoms with Crippen molar-refractivity contribution >= 4 is 59.0 Å². The van der Waals surface area contributed by atoms with Gasteiger partial charge in [-0.15, -0.1) is 0 Å². The number of amides is 8. The molecule has 17 heteroatoms. The molecule has 0 spiro atoms. The van der Waals surface area contributed by atoms with Crippen LogP contribution in [0.4, 0.5) is 0 Å². The Bertz CT molecular complexity index is 1910. The van der Waals surface area contributed by atoms with Crippen LogP contribution < -0.4 is 32.3 Å². The van der Waals surface area contributed by atoms with E-state index in [4.69, 9.17) is 5.73 Å². The molecular formula is C43H56N8O8S. The van der Waals surface area contributed by atoms with Gasteiger partial charge in [0.15, 0.2) is 0 Å². The summed E-state index contributed by atoms with van der Waals surface area (Å²) in [7, 11) is 0. The van der Waals surface area contributed by atoms with E-state index in [2.05, 4.69) is 26.6 Å². The molecule has 2 bridgehead atoms. The number of nitrogens with two attached hydrogens (primary N) is 1. The zero-order valence-corrected chi connectivity index (χ0v) is 35.1. The van der Waals surface area contributed by atoms with E-state index in [0.29, 0.717) is 23.3 Å². The molecule has 16 nitrogen and oxygen atoms in total. The maximum atomic E-state index is 14.3. The largest absolute Gasteiger partial charge is 0.370 e. The van der Waals surface area contributed by atoms with E-state index >= 15 is 0 Å². The second-order valence-corrected chi connectivity index (χ2v) is 16.8. The Morgan fingerprint density at radius 2 is 1.27 bits per heavy atom. The highest BCUT2D eigenvalue weighted by molar-refractivity contribution is 7.98. The number of carbonyl (C=O) groups is 8. The number of primary amides is 1. The van der Waals surface area contributed by atoms with E-state index in [-0.39, 0.29) is 57.4 Å². The van der Waals surface area contributed by atoms with Gasteiger partial charge in [0.05, 0.1) is 0 Å². The van der Waals surface area contributed by atoms with Gasteiger partial charge in [0.25, 0.3) is 5.91 Å². The number of benzene rings is 2. The molecule has 7 atom stereocenters. The van der Waals surface area contributed by atoms with Crippen molar-refractivity contribution in [2.45, 2.75) is 108 Å². The summed E-state index contributed by atoms with van der Waals surface area (Å²) in [6.07, 6.45) is 5.58. The maximum absolute atomic E-state index is 14.3. The minimum Gasteiger partial charge on any atom is -0.370 e. The van der Waals surface area contributed by atoms with Gasteiger partial charge in [-0.2, -0.15) is 11.8 Å². The lowest BCUT2D eigenvalue weighted by Crippen LogP contribution is -2.59. The van der Waals surface area contributed by atoms with Gasteiger partial charge in [0.1, 0.15) is 42.3 Å². The molecule has 2 aromatic carbocycles. The number of hydrogen-bond acceptors (Lipinski definition) is 9. The second-order valence-electron chi connectivity index (χ2n) is 15.8. The lowest BCUT2D eigenvalue weighted by molar-refractivity contribution is -0.144. The Morgan fingerprint density at radius 3 is 1.83 bits per heavy atom. The third-order valence-corrected chi connectivity index (χ3v) is 11.4. The minimum absolute atomic E-state index is 0.00596. The molecule has 5 rings (SSSR count). The first-order chi connectivity index (χ1) is 28.7. The molecule has 60 heavy (non-hydrogen) atoms. The van der Waals surface area contributed by atoms with Gasteiger partial charge < -0.3 is 42.1 Å². The summed E-state index contributed by atoms with van der Waals surface area (Å²) in [4.78, 5) is 114. The molecule has 0 radical (unpaired) electrons. The lowest BCUT2D eigenvalue weighted by atomic mass is 10.0. The molecule has 0 saturated carbocycles. The van der Waals surface area contributed by atoms with Crippen molar-refractivity contribution in [2.75, 3.05) is 18.6 Å². The first-order valence-corrected chi connectivity index (χ1v) is 21.8. The van der Waals surface area contributed by atoms with Crippen LogP contribution in [0.15, 0.2) is 72.9 Å². The van der Waals surface area contributed by atoms with Crippen LogP contribution in [0.5, 0.6) is 0 Å². The second kappa shape index (κ2) is 21.5. The number of thioether (sulfide) groups is 1. The molecule has 8 amide bonds. The van der Waals surface area contributed by atoms with E-state index in [1.807, 2.05) is 26.2 Å². The molecule has 2 aromatic rings. The Morgan fingerprint density at radius 1 is 0.717 bits per heavy atom. The summed E-state index contributed by atoms with van der Waals surface area (Å²) in [5.74, 6) is -4.73. The van der Waals surface area contributed by atoms with E-state index in [1.54, 1.807) is 54.6 Å². The zero-order chi connectivity index (χ0) is 43.3. The van der Waals surface area contributed by atoms with E-state index in [9.17, 15) is 38.4 Å². The zero-order valence-electron chi connectivity index (χ0n) is 34.3. The Kier molecular flexibility index (Phi) is 16.3. The molecule has 7 N–H and O–H groups in total. The minimum atomic E-state index is -1.34. The Labute approximate surface area is 354 Å². The topological polar surface area (TPSA) is 229 Å². The average molecular weight is 845 g/mol. The fraction of sp³-hybridized carbons (Fsp3) is 0.488. The van der Waals surface area contributed by atoms with Gasteiger partial charge in [0.2, 0.25) is 41.4 Å². The third-order valence-electron chi connectivity index (χ3n) is 10.8. The summed E-state index contributed by atoms with van der Waals surface area (Å²) in [6.45, 7) is 4.02. The van der Waals surface area contributed by atoms with Crippen LogP contribution in [0.3, 0.4) is 0 Å². The van der Waals surface area contributed by atoms with Gasteiger partial charge in [-0.3, -0.25) is 38.4 Å². The van der Waals surface area contributed by atoms with E-state index in [0.717, 1.165) is 0 Å². The van der Waals surface area contributed by atoms with Crippen LogP contribution in [-0.2, 0) is 51.2 Å². The third kappa shape index (κ3) is 12.2. The average Bonchev–Trinajstić information content (AvgIpc) is 3.86. The van der Waals surface area contributed by atoms with Crippen molar-refractivity contribution in [3.05, 3.63) is 84.1 Å². The van der Waals surface area contributed by atoms with Crippen molar-refractivity contribution in [2.24, 2.45) is 11.7 Å². The van der Waals surface area contributed by atoms with Crippen LogP contribution >= 0.6 is 11.8 Å². The van der Waals surface area contributed by atoms with Gasteiger partial charge in [0, 0.05) is 32.0 Å². The number of hydrogen-bond donors (Lipinski definition) is 6. The molecule has 0 aliphatic carbocycles. The quantitative estimate of drug-likeness (QED) is 0.176. The summed E-state index contributed by atoms with van der Waals surface area (Å²) in [5, 5.41) is 13.9. The molecule has 0 unspecified atom stereocenters. The number of nitrogens with zero attached hydrogens (tertiary/aromatic N) is 2. The molecule has 3 aliphatic rings. The van der Waals surface area contributed by atoms with Crippen molar-refractivity contribution in [1.29, 1.82) is 0 Å². The fourth-order valence-corrected chi connectivity index (χ4v) is 8.13. The maximum Gasteiger partial charge on any atom is 0.253 e. The summed E-state index contributed by atoms with van der Waals surface area (Å²) in [5.41, 5.74) is 6.86. The monoisotopic (exact) mass is 844 g/mol. The summed E-state index contributed by atoms with van der Waals surface area (Å²) >= 11 is 1.48. The van der Waals surface area contributed by atoms with Crippen molar-refractivity contribution in [3.8, 4) is 0 Å². The van der Waals surface area contributed by atoms with Crippen LogP contribution in [0.2, 0.25) is 0 Å². The molecule has 322 valence electrons. The van der Waals surface area contributed by atoms with Crippen molar-refractivity contribution < 1.29 is 38.4 Å². The normalized spacial score (nSPS) is 25.8. The lowest BCUT2D eigenvalue weighted by Gasteiger charge is -2.32. The molecule has 3 aliphatic heterocycles. The van der Waals surface area contributed by atoms with Gasteiger partial charge in [-0.05, 0) is 67.2 Å². The molecule has 2 fully saturated rings. The van der Waals surface area contributed by atoms with E-state index < -0.39 is 89.6 Å². The van der Waals surface area contributed by atoms with Crippen molar-refractivity contribution in [1.82, 2.24) is 36.4 Å². The SMILES string of the molecule is CSCC[C@@H]1NC(=O)[C@H](CC(C)C)N2C=C[C@@H](NC(=O)[C@H](Cc3ccccc3)NC(=O)[C@H](Cc3ccccc3)NC(=O)[C@H](CCC(N)=O)NC(=O)[C@H]3CCCN3C1=O)C2=O. The number of carbonyl (C=O) groups excluding carboxylic acids is 8. The molecule has 0 aromatic heterocycles. The van der Waals surface area contributed by atoms with Crippen molar-refractivity contribution in [3.63, 3.8) is 0 Å². The number of nitrogens with one attached hydrogen (secondary N) is 5. The predicted octanol–water partition coefficient (Wildman–Crippen LogP) is 0.690. The molecular weight excluding hydrogens is 789 g/mol. The highest BCUT2D eigenvalue weighted by Crippen LogP contribution is 2.23. The van der Waals surface area contributed by atoms with Gasteiger partial charge in [-0.1, -0.05) is 74.5 Å².